The maximum absolute atomic E-state index is 10.7. The smallest absolute Gasteiger partial charge is 0.152 e. The van der Waals surface area contributed by atoms with Gasteiger partial charge in [-0.3, -0.25) is 4.79 Å². The first kappa shape index (κ1) is 8.26. The number of rotatable bonds is 1. The maximum atomic E-state index is 10.7. The number of carbonyl (C=O) groups is 1. The van der Waals surface area contributed by atoms with E-state index in [9.17, 15) is 4.79 Å². The summed E-state index contributed by atoms with van der Waals surface area (Å²) in [4.78, 5) is 10.7. The molecule has 0 saturated heterocycles. The number of anilines is 1. The second kappa shape index (κ2) is 2.85. The Morgan fingerprint density at radius 3 is 3.00 bits per heavy atom. The van der Waals surface area contributed by atoms with Crippen LogP contribution in [0.4, 0.5) is 5.69 Å². The molecule has 2 aromatic rings. The zero-order valence-electron chi connectivity index (χ0n) is 7.20. The molecule has 1 heterocycles. The summed E-state index contributed by atoms with van der Waals surface area (Å²) in [5.74, 6) is 0. The van der Waals surface area contributed by atoms with Crippen molar-refractivity contribution in [3.8, 4) is 0 Å². The van der Waals surface area contributed by atoms with E-state index in [0.717, 1.165) is 21.9 Å². The van der Waals surface area contributed by atoms with Gasteiger partial charge in [0.15, 0.2) is 6.29 Å². The van der Waals surface area contributed by atoms with Gasteiger partial charge in [0.25, 0.3) is 0 Å². The Morgan fingerprint density at radius 1 is 1.54 bits per heavy atom. The van der Waals surface area contributed by atoms with Gasteiger partial charge in [0.05, 0.1) is 0 Å². The van der Waals surface area contributed by atoms with Crippen LogP contribution < -0.4 is 5.73 Å². The highest BCUT2D eigenvalue weighted by Crippen LogP contribution is 2.29. The van der Waals surface area contributed by atoms with Crippen LogP contribution in [0.5, 0.6) is 0 Å². The van der Waals surface area contributed by atoms with Crippen LogP contribution in [0.15, 0.2) is 17.5 Å². The lowest BCUT2D eigenvalue weighted by molar-refractivity contribution is 0.112. The lowest BCUT2D eigenvalue weighted by atomic mass is 10.1. The van der Waals surface area contributed by atoms with Crippen LogP contribution >= 0.6 is 11.3 Å². The summed E-state index contributed by atoms with van der Waals surface area (Å²) < 4.78 is 1.12. The van der Waals surface area contributed by atoms with Crippen molar-refractivity contribution in [3.63, 3.8) is 0 Å². The first-order chi connectivity index (χ1) is 6.24. The monoisotopic (exact) mass is 191 g/mol. The third-order valence-electron chi connectivity index (χ3n) is 2.23. The fraction of sp³-hybridized carbons (Fsp3) is 0.100. The number of hydrogen-bond donors (Lipinski definition) is 1. The van der Waals surface area contributed by atoms with E-state index in [1.54, 1.807) is 11.3 Å². The normalized spacial score (nSPS) is 10.5. The van der Waals surface area contributed by atoms with E-state index in [1.807, 2.05) is 24.4 Å². The van der Waals surface area contributed by atoms with Gasteiger partial charge in [-0.05, 0) is 35.4 Å². The molecule has 1 aromatic heterocycles. The van der Waals surface area contributed by atoms with Gasteiger partial charge in [-0.25, -0.2) is 0 Å². The van der Waals surface area contributed by atoms with Crippen molar-refractivity contribution in [2.24, 2.45) is 0 Å². The third kappa shape index (κ3) is 1.12. The molecule has 0 aliphatic carbocycles. The van der Waals surface area contributed by atoms with E-state index in [1.165, 1.54) is 0 Å². The summed E-state index contributed by atoms with van der Waals surface area (Å²) >= 11 is 1.63. The fourth-order valence-electron chi connectivity index (χ4n) is 1.42. The quantitative estimate of drug-likeness (QED) is 0.556. The molecule has 1 aromatic carbocycles. The largest absolute Gasteiger partial charge is 0.398 e. The number of benzene rings is 1. The van der Waals surface area contributed by atoms with Crippen molar-refractivity contribution in [2.45, 2.75) is 6.92 Å². The molecule has 66 valence electrons. The van der Waals surface area contributed by atoms with Crippen LogP contribution in [0.1, 0.15) is 15.9 Å². The Bertz CT molecular complexity index is 473. The highest BCUT2D eigenvalue weighted by atomic mass is 32.1. The average Bonchev–Trinajstić information content (AvgIpc) is 2.59. The summed E-state index contributed by atoms with van der Waals surface area (Å²) in [7, 11) is 0. The Hall–Kier alpha value is -1.35. The Labute approximate surface area is 80.0 Å². The number of thiophene rings is 1. The second-order valence-corrected chi connectivity index (χ2v) is 3.90. The van der Waals surface area contributed by atoms with Crippen LogP contribution in [0.2, 0.25) is 0 Å². The fourth-order valence-corrected chi connectivity index (χ4v) is 2.31. The second-order valence-electron chi connectivity index (χ2n) is 2.95. The van der Waals surface area contributed by atoms with Crippen molar-refractivity contribution >= 4 is 33.4 Å². The highest BCUT2D eigenvalue weighted by molar-refractivity contribution is 7.17. The van der Waals surface area contributed by atoms with Crippen molar-refractivity contribution in [2.75, 3.05) is 5.73 Å². The SMILES string of the molecule is Cc1c(N)c(C=O)cc2sccc12. The number of aryl methyl sites for hydroxylation is 1. The predicted molar refractivity (Wildman–Crippen MR) is 56.4 cm³/mol. The van der Waals surface area contributed by atoms with Crippen LogP contribution in [0.3, 0.4) is 0 Å². The number of nitrogens with two attached hydrogens (primary N) is 1. The lowest BCUT2D eigenvalue weighted by Gasteiger charge is -2.04. The molecule has 3 heteroatoms. The van der Waals surface area contributed by atoms with Gasteiger partial charge in [0.2, 0.25) is 0 Å². The summed E-state index contributed by atoms with van der Waals surface area (Å²) in [5.41, 5.74) is 7.98. The molecule has 0 unspecified atom stereocenters. The van der Waals surface area contributed by atoms with Gasteiger partial charge >= 0.3 is 0 Å². The molecule has 2 N–H and O–H groups in total. The number of aldehydes is 1. The minimum absolute atomic E-state index is 0.590. The van der Waals surface area contributed by atoms with Crippen molar-refractivity contribution < 1.29 is 4.79 Å². The van der Waals surface area contributed by atoms with Gasteiger partial charge in [0.1, 0.15) is 0 Å². The molecule has 0 radical (unpaired) electrons. The standard InChI is InChI=1S/C10H9NOS/c1-6-8-2-3-13-9(8)4-7(5-12)10(6)11/h2-5H,11H2,1H3. The summed E-state index contributed by atoms with van der Waals surface area (Å²) in [6, 6.07) is 3.87. The molecule has 0 aliphatic rings. The maximum Gasteiger partial charge on any atom is 0.152 e. The zero-order chi connectivity index (χ0) is 9.42. The first-order valence-electron chi connectivity index (χ1n) is 3.95. The zero-order valence-corrected chi connectivity index (χ0v) is 8.02. The van der Waals surface area contributed by atoms with Crippen molar-refractivity contribution in [3.05, 3.63) is 28.6 Å². The molecule has 0 bridgehead atoms. The number of carbonyl (C=O) groups excluding carboxylic acids is 1. The van der Waals surface area contributed by atoms with E-state index in [2.05, 4.69) is 0 Å². The summed E-state index contributed by atoms with van der Waals surface area (Å²) in [6.07, 6.45) is 0.807. The van der Waals surface area contributed by atoms with E-state index in [-0.39, 0.29) is 0 Å². The molecule has 0 atom stereocenters. The van der Waals surface area contributed by atoms with Crippen LogP contribution in [0.25, 0.3) is 10.1 Å². The first-order valence-corrected chi connectivity index (χ1v) is 4.83. The average molecular weight is 191 g/mol. The third-order valence-corrected chi connectivity index (χ3v) is 3.09. The predicted octanol–water partition coefficient (Wildman–Crippen LogP) is 2.60. The van der Waals surface area contributed by atoms with Gasteiger partial charge in [0, 0.05) is 16.0 Å². The van der Waals surface area contributed by atoms with Gasteiger partial charge < -0.3 is 5.73 Å². The van der Waals surface area contributed by atoms with Crippen LogP contribution in [-0.4, -0.2) is 6.29 Å². The Balaban J connectivity index is 2.91. The molecule has 2 rings (SSSR count). The molecule has 0 fully saturated rings. The van der Waals surface area contributed by atoms with E-state index in [0.29, 0.717) is 11.3 Å². The lowest BCUT2D eigenvalue weighted by Crippen LogP contribution is -1.95. The molecule has 0 amide bonds. The minimum atomic E-state index is 0.590. The summed E-state index contributed by atoms with van der Waals surface area (Å²) in [6.45, 7) is 1.94. The van der Waals surface area contributed by atoms with Crippen LogP contribution in [0, 0.1) is 6.92 Å². The number of hydrogen-bond acceptors (Lipinski definition) is 3. The molecule has 0 aliphatic heterocycles. The highest BCUT2D eigenvalue weighted by Gasteiger charge is 2.07. The van der Waals surface area contributed by atoms with Gasteiger partial charge in [-0.1, -0.05) is 0 Å². The van der Waals surface area contributed by atoms with E-state index < -0.39 is 0 Å². The molecule has 13 heavy (non-hydrogen) atoms. The molecule has 0 saturated carbocycles. The Morgan fingerprint density at radius 2 is 2.31 bits per heavy atom. The molecule has 2 nitrogen and oxygen atoms in total. The van der Waals surface area contributed by atoms with Crippen LogP contribution in [-0.2, 0) is 0 Å². The van der Waals surface area contributed by atoms with E-state index in [4.69, 9.17) is 5.73 Å². The van der Waals surface area contributed by atoms with Crippen molar-refractivity contribution in [1.29, 1.82) is 0 Å². The van der Waals surface area contributed by atoms with Gasteiger partial charge in [-0.15, -0.1) is 11.3 Å². The molecular weight excluding hydrogens is 182 g/mol. The number of nitrogen functional groups attached to an aromatic ring is 1. The summed E-state index contributed by atoms with van der Waals surface area (Å²) in [5, 5.41) is 3.15. The minimum Gasteiger partial charge on any atom is -0.398 e. The molecular formula is C10H9NOS. The van der Waals surface area contributed by atoms with Crippen molar-refractivity contribution in [1.82, 2.24) is 0 Å². The Kier molecular flexibility index (Phi) is 1.81. The van der Waals surface area contributed by atoms with E-state index >= 15 is 0 Å². The number of fused-ring (bicyclic) bond motifs is 1. The van der Waals surface area contributed by atoms with Gasteiger partial charge in [-0.2, -0.15) is 0 Å². The topological polar surface area (TPSA) is 43.1 Å². The molecule has 0 spiro atoms.